The van der Waals surface area contributed by atoms with Gasteiger partial charge in [-0.25, -0.2) is 0 Å². The highest BCUT2D eigenvalue weighted by Crippen LogP contribution is 2.41. The van der Waals surface area contributed by atoms with E-state index in [0.717, 1.165) is 0 Å². The third-order valence-corrected chi connectivity index (χ3v) is 4.29. The molecule has 0 bridgehead atoms. The molecule has 4 nitrogen and oxygen atoms in total. The number of rotatable bonds is 4. The van der Waals surface area contributed by atoms with E-state index < -0.39 is 12.0 Å². The van der Waals surface area contributed by atoms with Gasteiger partial charge >= 0.3 is 5.97 Å². The van der Waals surface area contributed by atoms with Crippen LogP contribution in [0.4, 0.5) is 0 Å². The lowest BCUT2D eigenvalue weighted by atomic mass is 9.77. The molecule has 0 saturated carbocycles. The number of aliphatic carboxylic acids is 1. The Morgan fingerprint density at radius 2 is 2.44 bits per heavy atom. The molecule has 5 heteroatoms. The number of carboxylic acids is 1. The minimum absolute atomic E-state index is 0.171. The van der Waals surface area contributed by atoms with Gasteiger partial charge in [-0.15, -0.1) is 11.3 Å². The lowest BCUT2D eigenvalue weighted by Crippen LogP contribution is -2.51. The third-order valence-electron chi connectivity index (χ3n) is 3.03. The molecule has 1 atom stereocenters. The zero-order chi connectivity index (χ0) is 11.8. The van der Waals surface area contributed by atoms with Crippen molar-refractivity contribution in [3.63, 3.8) is 0 Å². The van der Waals surface area contributed by atoms with E-state index in [0.29, 0.717) is 19.6 Å². The molecule has 2 heterocycles. The molecule has 0 aromatic carbocycles. The van der Waals surface area contributed by atoms with Crippen LogP contribution in [0.3, 0.4) is 0 Å². The van der Waals surface area contributed by atoms with E-state index in [1.165, 1.54) is 10.4 Å². The van der Waals surface area contributed by atoms with Crippen LogP contribution < -0.4 is 5.73 Å². The highest BCUT2D eigenvalue weighted by molar-refractivity contribution is 7.10. The van der Waals surface area contributed by atoms with Crippen LogP contribution in [0, 0.1) is 6.92 Å². The zero-order valence-corrected chi connectivity index (χ0v) is 9.92. The molecular formula is C11H15NO3S. The first kappa shape index (κ1) is 11.6. The molecule has 3 N–H and O–H groups in total. The number of thiophene rings is 1. The molecule has 2 rings (SSSR count). The SMILES string of the molecule is Cc1ccsc1C1(CC(N)C(=O)O)COC1. The van der Waals surface area contributed by atoms with E-state index in [9.17, 15) is 4.79 Å². The van der Waals surface area contributed by atoms with Crippen molar-refractivity contribution in [1.82, 2.24) is 0 Å². The smallest absolute Gasteiger partial charge is 0.320 e. The van der Waals surface area contributed by atoms with Gasteiger partial charge in [0.05, 0.1) is 18.6 Å². The van der Waals surface area contributed by atoms with Gasteiger partial charge in [-0.3, -0.25) is 4.79 Å². The van der Waals surface area contributed by atoms with Gasteiger partial charge in [-0.2, -0.15) is 0 Å². The molecule has 1 fully saturated rings. The number of carbonyl (C=O) groups is 1. The van der Waals surface area contributed by atoms with Crippen molar-refractivity contribution < 1.29 is 14.6 Å². The average molecular weight is 241 g/mol. The summed E-state index contributed by atoms with van der Waals surface area (Å²) in [5, 5.41) is 10.9. The van der Waals surface area contributed by atoms with Crippen molar-refractivity contribution >= 4 is 17.3 Å². The van der Waals surface area contributed by atoms with Crippen LogP contribution >= 0.6 is 11.3 Å². The number of aryl methyl sites for hydroxylation is 1. The molecule has 0 amide bonds. The minimum Gasteiger partial charge on any atom is -0.480 e. The zero-order valence-electron chi connectivity index (χ0n) is 9.10. The molecule has 1 saturated heterocycles. The van der Waals surface area contributed by atoms with Gasteiger partial charge in [-0.05, 0) is 30.4 Å². The van der Waals surface area contributed by atoms with E-state index >= 15 is 0 Å². The van der Waals surface area contributed by atoms with Gasteiger partial charge in [0.2, 0.25) is 0 Å². The Bertz CT molecular complexity index is 398. The van der Waals surface area contributed by atoms with Gasteiger partial charge in [0.15, 0.2) is 0 Å². The van der Waals surface area contributed by atoms with E-state index in [1.54, 1.807) is 11.3 Å². The molecule has 1 unspecified atom stereocenters. The van der Waals surface area contributed by atoms with Crippen LogP contribution in [0.2, 0.25) is 0 Å². The van der Waals surface area contributed by atoms with Crippen molar-refractivity contribution in [2.75, 3.05) is 13.2 Å². The summed E-state index contributed by atoms with van der Waals surface area (Å²) in [5.74, 6) is -0.944. The topological polar surface area (TPSA) is 72.6 Å². The molecule has 16 heavy (non-hydrogen) atoms. The maximum Gasteiger partial charge on any atom is 0.320 e. The fourth-order valence-corrected chi connectivity index (χ4v) is 3.23. The van der Waals surface area contributed by atoms with E-state index in [4.69, 9.17) is 15.6 Å². The van der Waals surface area contributed by atoms with Crippen molar-refractivity contribution in [2.24, 2.45) is 5.73 Å². The lowest BCUT2D eigenvalue weighted by Gasteiger charge is -2.42. The van der Waals surface area contributed by atoms with E-state index in [2.05, 4.69) is 0 Å². The minimum atomic E-state index is -0.944. The fraction of sp³-hybridized carbons (Fsp3) is 0.545. The van der Waals surface area contributed by atoms with Crippen LogP contribution in [-0.4, -0.2) is 30.3 Å². The molecule has 0 spiro atoms. The second-order valence-corrected chi connectivity index (χ2v) is 5.27. The standard InChI is InChI=1S/C11H15NO3S/c1-7-2-3-16-9(7)11(5-15-6-11)4-8(12)10(13)14/h2-3,8H,4-6,12H2,1H3,(H,13,14). The second kappa shape index (κ2) is 4.16. The van der Waals surface area contributed by atoms with Gasteiger partial charge in [0.25, 0.3) is 0 Å². The maximum atomic E-state index is 10.8. The van der Waals surface area contributed by atoms with E-state index in [-0.39, 0.29) is 5.41 Å². The molecule has 1 aromatic heterocycles. The largest absolute Gasteiger partial charge is 0.480 e. The third kappa shape index (κ3) is 1.86. The van der Waals surface area contributed by atoms with Crippen LogP contribution in [0.1, 0.15) is 16.9 Å². The number of ether oxygens (including phenoxy) is 1. The number of nitrogens with two attached hydrogens (primary N) is 1. The normalized spacial score (nSPS) is 20.1. The van der Waals surface area contributed by atoms with Crippen LogP contribution in [0.25, 0.3) is 0 Å². The molecule has 0 aliphatic carbocycles. The Morgan fingerprint density at radius 3 is 2.81 bits per heavy atom. The van der Waals surface area contributed by atoms with Crippen LogP contribution in [0.15, 0.2) is 11.4 Å². The Morgan fingerprint density at radius 1 is 1.75 bits per heavy atom. The summed E-state index contributed by atoms with van der Waals surface area (Å²) in [6, 6.07) is 1.23. The first-order valence-corrected chi connectivity index (χ1v) is 6.04. The molecule has 1 aliphatic rings. The number of hydrogen-bond acceptors (Lipinski definition) is 4. The quantitative estimate of drug-likeness (QED) is 0.828. The number of carboxylic acid groups (broad SMARTS) is 1. The number of hydrogen-bond donors (Lipinski definition) is 2. The molecule has 1 aromatic rings. The van der Waals surface area contributed by atoms with Gasteiger partial charge in [0.1, 0.15) is 6.04 Å². The monoisotopic (exact) mass is 241 g/mol. The molecular weight excluding hydrogens is 226 g/mol. The van der Waals surface area contributed by atoms with Crippen molar-refractivity contribution in [3.05, 3.63) is 21.9 Å². The summed E-state index contributed by atoms with van der Waals surface area (Å²) in [6.07, 6.45) is 0.448. The van der Waals surface area contributed by atoms with Crippen molar-refractivity contribution in [2.45, 2.75) is 24.8 Å². The summed E-state index contributed by atoms with van der Waals surface area (Å²) in [6.45, 7) is 3.20. The Balaban J connectivity index is 2.20. The van der Waals surface area contributed by atoms with Gasteiger partial charge < -0.3 is 15.6 Å². The maximum absolute atomic E-state index is 10.8. The van der Waals surface area contributed by atoms with Crippen molar-refractivity contribution in [3.8, 4) is 0 Å². The lowest BCUT2D eigenvalue weighted by molar-refractivity contribution is -0.141. The predicted octanol–water partition coefficient (Wildman–Crippen LogP) is 1.13. The first-order valence-electron chi connectivity index (χ1n) is 5.16. The predicted molar refractivity (Wildman–Crippen MR) is 61.8 cm³/mol. The Labute approximate surface area is 98.0 Å². The van der Waals surface area contributed by atoms with E-state index in [1.807, 2.05) is 18.4 Å². The second-order valence-electron chi connectivity index (χ2n) is 4.35. The molecule has 88 valence electrons. The van der Waals surface area contributed by atoms with Crippen LogP contribution in [-0.2, 0) is 14.9 Å². The van der Waals surface area contributed by atoms with Crippen LogP contribution in [0.5, 0.6) is 0 Å². The summed E-state index contributed by atoms with van der Waals surface area (Å²) in [5.41, 5.74) is 6.65. The average Bonchev–Trinajstić information content (AvgIpc) is 2.58. The van der Waals surface area contributed by atoms with Gasteiger partial charge in [-0.1, -0.05) is 0 Å². The molecule has 1 aliphatic heterocycles. The Hall–Kier alpha value is -0.910. The van der Waals surface area contributed by atoms with Crippen molar-refractivity contribution in [1.29, 1.82) is 0 Å². The highest BCUT2D eigenvalue weighted by atomic mass is 32.1. The summed E-state index contributed by atoms with van der Waals surface area (Å²) in [7, 11) is 0. The summed E-state index contributed by atoms with van der Waals surface area (Å²) in [4.78, 5) is 12.0. The molecule has 0 radical (unpaired) electrons. The summed E-state index contributed by atoms with van der Waals surface area (Å²) < 4.78 is 5.26. The Kier molecular flexibility index (Phi) is 3.01. The van der Waals surface area contributed by atoms with Gasteiger partial charge in [0, 0.05) is 4.88 Å². The first-order chi connectivity index (χ1) is 7.55. The fourth-order valence-electron chi connectivity index (χ4n) is 2.11. The highest BCUT2D eigenvalue weighted by Gasteiger charge is 2.44. The summed E-state index contributed by atoms with van der Waals surface area (Å²) >= 11 is 1.66.